The van der Waals surface area contributed by atoms with Gasteiger partial charge in [0.25, 0.3) is 0 Å². The van der Waals surface area contributed by atoms with Crippen molar-refractivity contribution < 1.29 is 0 Å². The fraction of sp³-hybridized carbons (Fsp3) is 0.353. The molecule has 0 spiro atoms. The van der Waals surface area contributed by atoms with Crippen molar-refractivity contribution in [3.05, 3.63) is 53.9 Å². The van der Waals surface area contributed by atoms with Crippen LogP contribution in [0.4, 0.5) is 11.4 Å². The summed E-state index contributed by atoms with van der Waals surface area (Å²) in [6.45, 7) is 6.16. The fourth-order valence-corrected chi connectivity index (χ4v) is 2.17. The van der Waals surface area contributed by atoms with Crippen LogP contribution in [0.15, 0.2) is 42.7 Å². The first-order valence-electron chi connectivity index (χ1n) is 7.33. The first kappa shape index (κ1) is 14.4. The van der Waals surface area contributed by atoms with Crippen LogP contribution in [0.1, 0.15) is 31.4 Å². The van der Waals surface area contributed by atoms with Crippen molar-refractivity contribution in [1.29, 1.82) is 0 Å². The molecule has 3 heteroatoms. The molecule has 0 saturated heterocycles. The number of hydrogen-bond donors (Lipinski definition) is 2. The van der Waals surface area contributed by atoms with Gasteiger partial charge in [0.2, 0.25) is 0 Å². The standard InChI is InChI=1S/C17H23N3/c1-3-9-19-16-10-17(13-18-12-16)20-11-15-8-6-5-7-14(15)4-2/h5-8,10,12-13,19-20H,3-4,9,11H2,1-2H3. The molecule has 0 atom stereocenters. The summed E-state index contributed by atoms with van der Waals surface area (Å²) in [5, 5.41) is 6.80. The highest BCUT2D eigenvalue weighted by atomic mass is 14.9. The summed E-state index contributed by atoms with van der Waals surface area (Å²) in [6.07, 6.45) is 5.91. The van der Waals surface area contributed by atoms with Gasteiger partial charge in [-0.3, -0.25) is 4.98 Å². The van der Waals surface area contributed by atoms with Crippen molar-refractivity contribution in [3.8, 4) is 0 Å². The van der Waals surface area contributed by atoms with E-state index in [1.165, 1.54) is 11.1 Å². The van der Waals surface area contributed by atoms with Crippen LogP contribution in [-0.2, 0) is 13.0 Å². The molecular weight excluding hydrogens is 246 g/mol. The second kappa shape index (κ2) is 7.53. The highest BCUT2D eigenvalue weighted by Gasteiger charge is 2.00. The van der Waals surface area contributed by atoms with Crippen molar-refractivity contribution >= 4 is 11.4 Å². The van der Waals surface area contributed by atoms with Crippen LogP contribution in [0, 0.1) is 0 Å². The molecule has 0 aliphatic carbocycles. The summed E-state index contributed by atoms with van der Waals surface area (Å²) in [5.74, 6) is 0. The maximum Gasteiger partial charge on any atom is 0.0550 e. The third-order valence-corrected chi connectivity index (χ3v) is 3.30. The molecular formula is C17H23N3. The Morgan fingerprint density at radius 1 is 0.950 bits per heavy atom. The number of aryl methyl sites for hydroxylation is 1. The smallest absolute Gasteiger partial charge is 0.0550 e. The molecule has 0 fully saturated rings. The van der Waals surface area contributed by atoms with Crippen molar-refractivity contribution in [2.24, 2.45) is 0 Å². The van der Waals surface area contributed by atoms with Gasteiger partial charge in [-0.25, -0.2) is 0 Å². The molecule has 0 radical (unpaired) electrons. The third kappa shape index (κ3) is 3.98. The highest BCUT2D eigenvalue weighted by Crippen LogP contribution is 2.16. The number of nitrogens with one attached hydrogen (secondary N) is 2. The lowest BCUT2D eigenvalue weighted by atomic mass is 10.1. The molecule has 0 amide bonds. The Labute approximate surface area is 121 Å². The molecule has 1 aromatic carbocycles. The zero-order valence-electron chi connectivity index (χ0n) is 12.3. The van der Waals surface area contributed by atoms with E-state index in [1.807, 2.05) is 12.4 Å². The van der Waals surface area contributed by atoms with Gasteiger partial charge in [0.05, 0.1) is 23.8 Å². The zero-order valence-corrected chi connectivity index (χ0v) is 12.3. The predicted molar refractivity (Wildman–Crippen MR) is 86.2 cm³/mol. The number of anilines is 2. The van der Waals surface area contributed by atoms with Gasteiger partial charge in [-0.2, -0.15) is 0 Å². The molecule has 20 heavy (non-hydrogen) atoms. The predicted octanol–water partition coefficient (Wildman–Crippen LogP) is 4.08. The molecule has 1 heterocycles. The zero-order chi connectivity index (χ0) is 14.2. The molecule has 0 unspecified atom stereocenters. The van der Waals surface area contributed by atoms with Crippen molar-refractivity contribution in [2.45, 2.75) is 33.2 Å². The number of pyridine rings is 1. The number of aromatic nitrogens is 1. The van der Waals surface area contributed by atoms with Gasteiger partial charge in [0, 0.05) is 13.1 Å². The summed E-state index contributed by atoms with van der Waals surface area (Å²) in [6, 6.07) is 10.7. The fourth-order valence-electron chi connectivity index (χ4n) is 2.17. The Hall–Kier alpha value is -2.03. The lowest BCUT2D eigenvalue weighted by Gasteiger charge is -2.11. The van der Waals surface area contributed by atoms with Crippen LogP contribution in [0.2, 0.25) is 0 Å². The average Bonchev–Trinajstić information content (AvgIpc) is 2.51. The van der Waals surface area contributed by atoms with Gasteiger partial charge >= 0.3 is 0 Å². The lowest BCUT2D eigenvalue weighted by molar-refractivity contribution is 0.977. The lowest BCUT2D eigenvalue weighted by Crippen LogP contribution is -2.04. The first-order valence-corrected chi connectivity index (χ1v) is 7.33. The number of benzene rings is 1. The second-order valence-corrected chi connectivity index (χ2v) is 4.86. The minimum absolute atomic E-state index is 0.836. The quantitative estimate of drug-likeness (QED) is 0.795. The maximum atomic E-state index is 4.27. The molecule has 0 aliphatic heterocycles. The van der Waals surface area contributed by atoms with Crippen molar-refractivity contribution in [2.75, 3.05) is 17.2 Å². The van der Waals surface area contributed by atoms with Gasteiger partial charge in [-0.1, -0.05) is 38.1 Å². The SMILES string of the molecule is CCCNc1cncc(NCc2ccccc2CC)c1. The monoisotopic (exact) mass is 269 g/mol. The maximum absolute atomic E-state index is 4.27. The highest BCUT2D eigenvalue weighted by molar-refractivity contribution is 5.54. The number of nitrogens with zero attached hydrogens (tertiary/aromatic N) is 1. The van der Waals surface area contributed by atoms with Gasteiger partial charge in [-0.05, 0) is 30.0 Å². The molecule has 2 aromatic rings. The van der Waals surface area contributed by atoms with Crippen LogP contribution >= 0.6 is 0 Å². The largest absolute Gasteiger partial charge is 0.384 e. The van der Waals surface area contributed by atoms with Crippen LogP contribution in [0.25, 0.3) is 0 Å². The van der Waals surface area contributed by atoms with E-state index in [0.717, 1.165) is 37.3 Å². The number of rotatable bonds is 7. The van der Waals surface area contributed by atoms with E-state index in [1.54, 1.807) is 0 Å². The Morgan fingerprint density at radius 2 is 1.65 bits per heavy atom. The van der Waals surface area contributed by atoms with Crippen LogP contribution < -0.4 is 10.6 Å². The molecule has 0 bridgehead atoms. The van der Waals surface area contributed by atoms with Crippen LogP contribution in [0.5, 0.6) is 0 Å². The Morgan fingerprint density at radius 3 is 2.35 bits per heavy atom. The van der Waals surface area contributed by atoms with E-state index in [0.29, 0.717) is 0 Å². The van der Waals surface area contributed by atoms with E-state index >= 15 is 0 Å². The van der Waals surface area contributed by atoms with Crippen molar-refractivity contribution in [3.63, 3.8) is 0 Å². The Balaban J connectivity index is 1.99. The topological polar surface area (TPSA) is 37.0 Å². The van der Waals surface area contributed by atoms with Gasteiger partial charge in [0.1, 0.15) is 0 Å². The van der Waals surface area contributed by atoms with Gasteiger partial charge < -0.3 is 10.6 Å². The summed E-state index contributed by atoms with van der Waals surface area (Å²) in [7, 11) is 0. The normalized spacial score (nSPS) is 10.3. The molecule has 0 saturated carbocycles. The molecule has 3 nitrogen and oxygen atoms in total. The van der Waals surface area contributed by atoms with Crippen molar-refractivity contribution in [1.82, 2.24) is 4.98 Å². The number of hydrogen-bond acceptors (Lipinski definition) is 3. The van der Waals surface area contributed by atoms with E-state index < -0.39 is 0 Å². The Kier molecular flexibility index (Phi) is 5.42. The first-order chi connectivity index (χ1) is 9.83. The van der Waals surface area contributed by atoms with E-state index in [2.05, 4.69) is 59.8 Å². The summed E-state index contributed by atoms with van der Waals surface area (Å²) < 4.78 is 0. The van der Waals surface area contributed by atoms with E-state index in [4.69, 9.17) is 0 Å². The summed E-state index contributed by atoms with van der Waals surface area (Å²) >= 11 is 0. The Bertz CT molecular complexity index is 537. The minimum Gasteiger partial charge on any atom is -0.384 e. The third-order valence-electron chi connectivity index (χ3n) is 3.30. The molecule has 106 valence electrons. The van der Waals surface area contributed by atoms with Crippen LogP contribution in [0.3, 0.4) is 0 Å². The van der Waals surface area contributed by atoms with E-state index in [-0.39, 0.29) is 0 Å². The van der Waals surface area contributed by atoms with E-state index in [9.17, 15) is 0 Å². The molecule has 2 N–H and O–H groups in total. The van der Waals surface area contributed by atoms with Gasteiger partial charge in [0.15, 0.2) is 0 Å². The van der Waals surface area contributed by atoms with Crippen LogP contribution in [-0.4, -0.2) is 11.5 Å². The molecule has 0 aliphatic rings. The molecule has 2 rings (SSSR count). The summed E-state index contributed by atoms with van der Waals surface area (Å²) in [4.78, 5) is 4.27. The average molecular weight is 269 g/mol. The second-order valence-electron chi connectivity index (χ2n) is 4.86. The van der Waals surface area contributed by atoms with Gasteiger partial charge in [-0.15, -0.1) is 0 Å². The summed E-state index contributed by atoms with van der Waals surface area (Å²) in [5.41, 5.74) is 4.87. The minimum atomic E-state index is 0.836. The molecule has 1 aromatic heterocycles.